The molecule has 5 nitrogen and oxygen atoms in total. The van der Waals surface area contributed by atoms with Crippen molar-refractivity contribution in [3.8, 4) is 0 Å². The van der Waals surface area contributed by atoms with Crippen molar-refractivity contribution >= 4 is 22.7 Å². The largest absolute Gasteiger partial charge is 0.465 e. The van der Waals surface area contributed by atoms with Crippen LogP contribution in [0.4, 0.5) is 14.9 Å². The van der Waals surface area contributed by atoms with Gasteiger partial charge in [-0.15, -0.1) is 0 Å². The van der Waals surface area contributed by atoms with E-state index in [9.17, 15) is 9.18 Å². The minimum absolute atomic E-state index is 0.0404. The van der Waals surface area contributed by atoms with E-state index in [0.29, 0.717) is 0 Å². The molecule has 1 N–H and O–H groups in total. The van der Waals surface area contributed by atoms with Crippen molar-refractivity contribution in [3.05, 3.63) is 36.3 Å². The number of hydrogen-bond donors (Lipinski definition) is 1. The molecule has 116 valence electrons. The van der Waals surface area contributed by atoms with Crippen LogP contribution < -0.4 is 4.90 Å². The molecule has 1 aliphatic heterocycles. The number of benzene rings is 1. The Balaban J connectivity index is 1.82. The molecule has 0 aliphatic carbocycles. The topological polar surface area (TPSA) is 56.7 Å². The molecule has 1 fully saturated rings. The smallest absolute Gasteiger partial charge is 0.407 e. The lowest BCUT2D eigenvalue weighted by molar-refractivity contribution is 0.131. The number of rotatable bonds is 2. The molecule has 1 saturated heterocycles. The molecular weight excluding hydrogens is 285 g/mol. The summed E-state index contributed by atoms with van der Waals surface area (Å²) in [5.74, 6) is -0.276. The Morgan fingerprint density at radius 1 is 1.36 bits per heavy atom. The standard InChI is InChI=1S/C16H18FN3O2/c1-19(16(21)22)12-5-8-20(9-6-12)15-4-7-18-14-3-2-11(17)10-13(14)15/h2-4,7,10,12H,5-6,8-9H2,1H3,(H,21,22). The third kappa shape index (κ3) is 2.68. The second-order valence-electron chi connectivity index (χ2n) is 5.60. The lowest BCUT2D eigenvalue weighted by Crippen LogP contribution is -2.45. The molecule has 1 aromatic heterocycles. The second-order valence-corrected chi connectivity index (χ2v) is 5.60. The van der Waals surface area contributed by atoms with Crippen molar-refractivity contribution in [3.63, 3.8) is 0 Å². The summed E-state index contributed by atoms with van der Waals surface area (Å²) in [6, 6.07) is 6.53. The Kier molecular flexibility index (Phi) is 3.83. The molecule has 0 radical (unpaired) electrons. The molecule has 0 saturated carbocycles. The van der Waals surface area contributed by atoms with Gasteiger partial charge >= 0.3 is 6.09 Å². The van der Waals surface area contributed by atoms with Crippen molar-refractivity contribution < 1.29 is 14.3 Å². The molecule has 0 atom stereocenters. The van der Waals surface area contributed by atoms with Gasteiger partial charge in [0.25, 0.3) is 0 Å². The molecule has 6 heteroatoms. The van der Waals surface area contributed by atoms with Gasteiger partial charge in [-0.2, -0.15) is 0 Å². The maximum absolute atomic E-state index is 13.5. The summed E-state index contributed by atoms with van der Waals surface area (Å²) in [5.41, 5.74) is 1.73. The van der Waals surface area contributed by atoms with E-state index in [0.717, 1.165) is 42.5 Å². The highest BCUT2D eigenvalue weighted by Gasteiger charge is 2.25. The number of anilines is 1. The summed E-state index contributed by atoms with van der Waals surface area (Å²) in [6.07, 6.45) is 2.37. The first-order valence-electron chi connectivity index (χ1n) is 7.31. The third-order valence-corrected chi connectivity index (χ3v) is 4.34. The average molecular weight is 303 g/mol. The van der Waals surface area contributed by atoms with Crippen LogP contribution in [0, 0.1) is 5.82 Å². The van der Waals surface area contributed by atoms with Crippen molar-refractivity contribution in [1.29, 1.82) is 0 Å². The number of nitrogens with zero attached hydrogens (tertiary/aromatic N) is 3. The average Bonchev–Trinajstić information content (AvgIpc) is 2.53. The molecule has 0 spiro atoms. The third-order valence-electron chi connectivity index (χ3n) is 4.34. The van der Waals surface area contributed by atoms with Crippen molar-refractivity contribution in [2.75, 3.05) is 25.0 Å². The molecule has 1 aliphatic rings. The Bertz CT molecular complexity index is 699. The zero-order chi connectivity index (χ0) is 15.7. The van der Waals surface area contributed by atoms with Gasteiger partial charge in [0.15, 0.2) is 0 Å². The fourth-order valence-corrected chi connectivity index (χ4v) is 3.03. The molecule has 2 aromatic rings. The van der Waals surface area contributed by atoms with Crippen LogP contribution in [0.25, 0.3) is 10.9 Å². The molecule has 1 amide bonds. The predicted octanol–water partition coefficient (Wildman–Crippen LogP) is 2.95. The van der Waals surface area contributed by atoms with Gasteiger partial charge in [-0.05, 0) is 37.1 Å². The number of carbonyl (C=O) groups is 1. The van der Waals surface area contributed by atoms with Gasteiger partial charge in [-0.1, -0.05) is 0 Å². The number of hydrogen-bond acceptors (Lipinski definition) is 3. The van der Waals surface area contributed by atoms with Crippen LogP contribution in [0.15, 0.2) is 30.5 Å². The van der Waals surface area contributed by atoms with E-state index in [2.05, 4.69) is 9.88 Å². The highest BCUT2D eigenvalue weighted by molar-refractivity contribution is 5.91. The number of pyridine rings is 1. The minimum atomic E-state index is -0.894. The van der Waals surface area contributed by atoms with E-state index in [1.54, 1.807) is 19.3 Å². The fourth-order valence-electron chi connectivity index (χ4n) is 3.03. The summed E-state index contributed by atoms with van der Waals surface area (Å²) < 4.78 is 13.5. The number of piperidine rings is 1. The lowest BCUT2D eigenvalue weighted by Gasteiger charge is -2.37. The first kappa shape index (κ1) is 14.6. The van der Waals surface area contributed by atoms with Crippen LogP contribution in [0.3, 0.4) is 0 Å². The molecule has 0 bridgehead atoms. The number of carboxylic acid groups (broad SMARTS) is 1. The van der Waals surface area contributed by atoms with Gasteiger partial charge in [0.2, 0.25) is 0 Å². The van der Waals surface area contributed by atoms with E-state index < -0.39 is 6.09 Å². The summed E-state index contributed by atoms with van der Waals surface area (Å²) in [4.78, 5) is 18.8. The molecule has 1 aromatic carbocycles. The number of halogens is 1. The predicted molar refractivity (Wildman–Crippen MR) is 82.7 cm³/mol. The van der Waals surface area contributed by atoms with Crippen molar-refractivity contribution in [2.45, 2.75) is 18.9 Å². The quantitative estimate of drug-likeness (QED) is 0.926. The molecular formula is C16H18FN3O2. The van der Waals surface area contributed by atoms with Gasteiger partial charge in [0, 0.05) is 43.4 Å². The Labute approximate surface area is 128 Å². The maximum atomic E-state index is 13.5. The van der Waals surface area contributed by atoms with Crippen molar-refractivity contribution in [1.82, 2.24) is 9.88 Å². The van der Waals surface area contributed by atoms with Crippen molar-refractivity contribution in [2.24, 2.45) is 0 Å². The van der Waals surface area contributed by atoms with Gasteiger partial charge < -0.3 is 14.9 Å². The fraction of sp³-hybridized carbons (Fsp3) is 0.375. The van der Waals surface area contributed by atoms with Crippen LogP contribution in [0.2, 0.25) is 0 Å². The highest BCUT2D eigenvalue weighted by Crippen LogP contribution is 2.29. The first-order valence-corrected chi connectivity index (χ1v) is 7.31. The number of aromatic nitrogens is 1. The zero-order valence-electron chi connectivity index (χ0n) is 12.4. The van der Waals surface area contributed by atoms with Crippen LogP contribution >= 0.6 is 0 Å². The van der Waals surface area contributed by atoms with E-state index in [1.807, 2.05) is 6.07 Å². The van der Waals surface area contributed by atoms with Gasteiger partial charge in [0.05, 0.1) is 5.52 Å². The Hall–Kier alpha value is -2.37. The maximum Gasteiger partial charge on any atom is 0.407 e. The molecule has 3 rings (SSSR count). The van der Waals surface area contributed by atoms with Crippen LogP contribution in [0.1, 0.15) is 12.8 Å². The monoisotopic (exact) mass is 303 g/mol. The zero-order valence-corrected chi connectivity index (χ0v) is 12.4. The lowest BCUT2D eigenvalue weighted by atomic mass is 10.0. The Morgan fingerprint density at radius 3 is 2.77 bits per heavy atom. The summed E-state index contributed by atoms with van der Waals surface area (Å²) in [6.45, 7) is 1.50. The normalized spacial score (nSPS) is 16.0. The summed E-state index contributed by atoms with van der Waals surface area (Å²) in [5, 5.41) is 9.85. The van der Waals surface area contributed by atoms with E-state index in [1.165, 1.54) is 17.0 Å². The molecule has 2 heterocycles. The number of fused-ring (bicyclic) bond motifs is 1. The number of amides is 1. The second kappa shape index (κ2) is 5.79. The summed E-state index contributed by atoms with van der Waals surface area (Å²) in [7, 11) is 1.61. The Morgan fingerprint density at radius 2 is 2.09 bits per heavy atom. The highest BCUT2D eigenvalue weighted by atomic mass is 19.1. The molecule has 0 unspecified atom stereocenters. The minimum Gasteiger partial charge on any atom is -0.465 e. The van der Waals surface area contributed by atoms with Gasteiger partial charge in [0.1, 0.15) is 5.82 Å². The van der Waals surface area contributed by atoms with Gasteiger partial charge in [-0.25, -0.2) is 9.18 Å². The van der Waals surface area contributed by atoms with Crippen LogP contribution in [0.5, 0.6) is 0 Å². The SMILES string of the molecule is CN(C(=O)O)C1CCN(c2ccnc3ccc(F)cc23)CC1. The van der Waals surface area contributed by atoms with Crippen LogP contribution in [-0.2, 0) is 0 Å². The van der Waals surface area contributed by atoms with Crippen LogP contribution in [-0.4, -0.2) is 47.3 Å². The summed E-state index contributed by atoms with van der Waals surface area (Å²) >= 11 is 0. The van der Waals surface area contributed by atoms with E-state index in [4.69, 9.17) is 5.11 Å². The molecule has 22 heavy (non-hydrogen) atoms. The van der Waals surface area contributed by atoms with E-state index in [-0.39, 0.29) is 11.9 Å². The van der Waals surface area contributed by atoms with E-state index >= 15 is 0 Å². The van der Waals surface area contributed by atoms with Gasteiger partial charge in [-0.3, -0.25) is 4.98 Å². The first-order chi connectivity index (χ1) is 10.6.